The van der Waals surface area contributed by atoms with Crippen LogP contribution in [0, 0.1) is 5.41 Å². The summed E-state index contributed by atoms with van der Waals surface area (Å²) in [7, 11) is 0. The highest BCUT2D eigenvalue weighted by Gasteiger charge is 2.62. The van der Waals surface area contributed by atoms with Crippen LogP contribution in [0.3, 0.4) is 0 Å². The minimum absolute atomic E-state index is 0.0216. The van der Waals surface area contributed by atoms with Crippen LogP contribution in [0.4, 0.5) is 4.79 Å². The summed E-state index contributed by atoms with van der Waals surface area (Å²) in [6.45, 7) is 5.64. The lowest BCUT2D eigenvalue weighted by molar-refractivity contribution is -0.181. The molecule has 0 bridgehead atoms. The van der Waals surface area contributed by atoms with E-state index < -0.39 is 28.7 Å². The van der Waals surface area contributed by atoms with Crippen molar-refractivity contribution in [2.75, 3.05) is 13.1 Å². The second-order valence-corrected chi connectivity index (χ2v) is 6.92. The number of carboxylic acids is 1. The van der Waals surface area contributed by atoms with Gasteiger partial charge in [-0.15, -0.1) is 0 Å². The summed E-state index contributed by atoms with van der Waals surface area (Å²) in [6.07, 6.45) is 1.57. The normalized spacial score (nSPS) is 28.9. The largest absolute Gasteiger partial charge is 0.481 e. The van der Waals surface area contributed by atoms with Crippen LogP contribution in [0.5, 0.6) is 0 Å². The van der Waals surface area contributed by atoms with Gasteiger partial charge in [-0.25, -0.2) is 4.79 Å². The number of nitrogens with zero attached hydrogens (tertiary/aromatic N) is 1. The molecule has 0 aromatic rings. The van der Waals surface area contributed by atoms with Gasteiger partial charge in [0, 0.05) is 13.1 Å². The molecule has 0 radical (unpaired) electrons. The lowest BCUT2D eigenvalue weighted by Gasteiger charge is -2.47. The van der Waals surface area contributed by atoms with Gasteiger partial charge in [-0.1, -0.05) is 0 Å². The summed E-state index contributed by atoms with van der Waals surface area (Å²) in [6, 6.07) is 0. The molecular formula is C14H23NO5. The first kappa shape index (κ1) is 15.1. The summed E-state index contributed by atoms with van der Waals surface area (Å²) in [5, 5.41) is 20.1. The Bertz CT molecular complexity index is 424. The molecule has 2 fully saturated rings. The average molecular weight is 285 g/mol. The molecule has 20 heavy (non-hydrogen) atoms. The van der Waals surface area contributed by atoms with Crippen LogP contribution in [0.25, 0.3) is 0 Å². The molecule has 2 N–H and O–H groups in total. The fourth-order valence-electron chi connectivity index (χ4n) is 3.04. The fourth-order valence-corrected chi connectivity index (χ4v) is 3.04. The van der Waals surface area contributed by atoms with Crippen molar-refractivity contribution in [3.63, 3.8) is 0 Å². The van der Waals surface area contributed by atoms with Gasteiger partial charge in [-0.2, -0.15) is 0 Å². The van der Waals surface area contributed by atoms with Crippen LogP contribution in [0.1, 0.15) is 46.5 Å². The van der Waals surface area contributed by atoms with E-state index in [9.17, 15) is 19.8 Å². The summed E-state index contributed by atoms with van der Waals surface area (Å²) < 4.78 is 5.27. The van der Waals surface area contributed by atoms with Gasteiger partial charge in [-0.05, 0) is 46.5 Å². The SMILES string of the molecule is CC(C)(C)OC(=O)N1CCC(C(=O)O)(C2(O)CCC2)C1. The van der Waals surface area contributed by atoms with E-state index in [4.69, 9.17) is 4.74 Å². The Morgan fingerprint density at radius 2 is 1.80 bits per heavy atom. The maximum atomic E-state index is 12.0. The van der Waals surface area contributed by atoms with E-state index in [0.29, 0.717) is 19.4 Å². The van der Waals surface area contributed by atoms with Gasteiger partial charge in [0.25, 0.3) is 0 Å². The van der Waals surface area contributed by atoms with Crippen molar-refractivity contribution in [3.8, 4) is 0 Å². The Labute approximate surface area is 118 Å². The van der Waals surface area contributed by atoms with Gasteiger partial charge >= 0.3 is 12.1 Å². The van der Waals surface area contributed by atoms with Gasteiger partial charge in [0.2, 0.25) is 0 Å². The smallest absolute Gasteiger partial charge is 0.410 e. The van der Waals surface area contributed by atoms with Crippen molar-refractivity contribution in [3.05, 3.63) is 0 Å². The third-order valence-electron chi connectivity index (χ3n) is 4.40. The maximum Gasteiger partial charge on any atom is 0.410 e. The Morgan fingerprint density at radius 1 is 1.20 bits per heavy atom. The molecule has 2 aliphatic rings. The van der Waals surface area contributed by atoms with Crippen LogP contribution in [-0.4, -0.2) is 51.5 Å². The number of ether oxygens (including phenoxy) is 1. The second kappa shape index (κ2) is 4.62. The molecule has 1 saturated carbocycles. The van der Waals surface area contributed by atoms with E-state index in [1.54, 1.807) is 20.8 Å². The zero-order valence-corrected chi connectivity index (χ0v) is 12.3. The number of likely N-dealkylation sites (tertiary alicyclic amines) is 1. The molecule has 114 valence electrons. The molecule has 1 saturated heterocycles. The van der Waals surface area contributed by atoms with Crippen LogP contribution in [-0.2, 0) is 9.53 Å². The molecule has 0 spiro atoms. The molecule has 6 nitrogen and oxygen atoms in total. The van der Waals surface area contributed by atoms with Gasteiger partial charge in [-0.3, -0.25) is 4.79 Å². The number of hydrogen-bond donors (Lipinski definition) is 2. The van der Waals surface area contributed by atoms with Crippen LogP contribution < -0.4 is 0 Å². The molecule has 6 heteroatoms. The van der Waals surface area contributed by atoms with Crippen LogP contribution in [0.2, 0.25) is 0 Å². The Morgan fingerprint density at radius 3 is 2.20 bits per heavy atom. The van der Waals surface area contributed by atoms with E-state index in [2.05, 4.69) is 0 Å². The molecule has 1 aliphatic heterocycles. The zero-order chi connectivity index (χ0) is 15.2. The molecule has 1 amide bonds. The molecule has 2 rings (SSSR count). The molecule has 1 atom stereocenters. The van der Waals surface area contributed by atoms with Gasteiger partial charge in [0.1, 0.15) is 11.0 Å². The number of rotatable bonds is 2. The van der Waals surface area contributed by atoms with Crippen molar-refractivity contribution in [2.45, 2.75) is 57.7 Å². The van der Waals surface area contributed by atoms with Crippen molar-refractivity contribution in [1.29, 1.82) is 0 Å². The van der Waals surface area contributed by atoms with Crippen molar-refractivity contribution in [1.82, 2.24) is 4.90 Å². The van der Waals surface area contributed by atoms with Crippen molar-refractivity contribution >= 4 is 12.1 Å². The lowest BCUT2D eigenvalue weighted by Crippen LogP contribution is -2.59. The first-order valence-electron chi connectivity index (χ1n) is 7.03. The van der Waals surface area contributed by atoms with Gasteiger partial charge in [0.05, 0.1) is 5.60 Å². The highest BCUT2D eigenvalue weighted by Crippen LogP contribution is 2.51. The fraction of sp³-hybridized carbons (Fsp3) is 0.857. The minimum atomic E-state index is -1.25. The number of aliphatic hydroxyl groups is 1. The van der Waals surface area contributed by atoms with E-state index in [0.717, 1.165) is 6.42 Å². The summed E-state index contributed by atoms with van der Waals surface area (Å²) in [4.78, 5) is 25.1. The second-order valence-electron chi connectivity index (χ2n) is 6.92. The summed E-state index contributed by atoms with van der Waals surface area (Å²) in [5.74, 6) is -1.02. The number of carbonyl (C=O) groups is 2. The number of carboxylic acid groups (broad SMARTS) is 1. The molecular weight excluding hydrogens is 262 g/mol. The average Bonchev–Trinajstić information content (AvgIpc) is 2.69. The topological polar surface area (TPSA) is 87.1 Å². The van der Waals surface area contributed by atoms with Gasteiger partial charge in [0.15, 0.2) is 0 Å². The van der Waals surface area contributed by atoms with Crippen LogP contribution in [0.15, 0.2) is 0 Å². The molecule has 1 aliphatic carbocycles. The Balaban J connectivity index is 2.13. The Kier molecular flexibility index (Phi) is 3.48. The quantitative estimate of drug-likeness (QED) is 0.805. The van der Waals surface area contributed by atoms with Crippen molar-refractivity contribution in [2.24, 2.45) is 5.41 Å². The minimum Gasteiger partial charge on any atom is -0.481 e. The number of aliphatic carboxylic acids is 1. The summed E-state index contributed by atoms with van der Waals surface area (Å²) >= 11 is 0. The highest BCUT2D eigenvalue weighted by molar-refractivity contribution is 5.79. The number of hydrogen-bond acceptors (Lipinski definition) is 4. The monoisotopic (exact) mass is 285 g/mol. The standard InChI is InChI=1S/C14H23NO5/c1-12(2,3)20-11(18)15-8-7-13(9-15,10(16)17)14(19)5-4-6-14/h19H,4-9H2,1-3H3,(H,16,17). The van der Waals surface area contributed by atoms with E-state index >= 15 is 0 Å². The lowest BCUT2D eigenvalue weighted by atomic mass is 9.60. The van der Waals surface area contributed by atoms with E-state index in [1.807, 2.05) is 0 Å². The predicted molar refractivity (Wildman–Crippen MR) is 71.3 cm³/mol. The predicted octanol–water partition coefficient (Wildman–Crippen LogP) is 1.61. The first-order valence-corrected chi connectivity index (χ1v) is 7.03. The van der Waals surface area contributed by atoms with Crippen molar-refractivity contribution < 1.29 is 24.5 Å². The summed E-state index contributed by atoms with van der Waals surface area (Å²) in [5.41, 5.74) is -3.04. The number of carbonyl (C=O) groups excluding carboxylic acids is 1. The van der Waals surface area contributed by atoms with E-state index in [-0.39, 0.29) is 13.0 Å². The molecule has 1 heterocycles. The molecule has 0 aromatic carbocycles. The third kappa shape index (κ3) is 2.37. The Hall–Kier alpha value is -1.30. The molecule has 1 unspecified atom stereocenters. The van der Waals surface area contributed by atoms with Gasteiger partial charge < -0.3 is 19.8 Å². The first-order chi connectivity index (χ1) is 9.10. The highest BCUT2D eigenvalue weighted by atomic mass is 16.6. The van der Waals surface area contributed by atoms with Crippen LogP contribution >= 0.6 is 0 Å². The number of amides is 1. The maximum absolute atomic E-state index is 12.0. The zero-order valence-electron chi connectivity index (χ0n) is 12.3. The molecule has 0 aromatic heterocycles. The third-order valence-corrected chi connectivity index (χ3v) is 4.40. The van der Waals surface area contributed by atoms with E-state index in [1.165, 1.54) is 4.90 Å².